The zero-order valence-electron chi connectivity index (χ0n) is 19.7. The Labute approximate surface area is 196 Å². The first-order valence-corrected chi connectivity index (χ1v) is 13.8. The lowest BCUT2D eigenvalue weighted by Gasteiger charge is -2.34. The van der Waals surface area contributed by atoms with Crippen LogP contribution in [0.15, 0.2) is 42.5 Å². The van der Waals surface area contributed by atoms with E-state index in [-0.39, 0.29) is 12.8 Å². The molecule has 0 radical (unpaired) electrons. The van der Waals surface area contributed by atoms with Gasteiger partial charge in [-0.1, -0.05) is 88.4 Å². The van der Waals surface area contributed by atoms with Crippen LogP contribution >= 0.6 is 7.37 Å². The number of fused-ring (bicyclic) bond motifs is 1. The van der Waals surface area contributed by atoms with Crippen LogP contribution in [0.2, 0.25) is 0 Å². The van der Waals surface area contributed by atoms with Crippen LogP contribution < -0.4 is 0 Å². The highest BCUT2D eigenvalue weighted by Crippen LogP contribution is 2.65. The van der Waals surface area contributed by atoms with Crippen molar-refractivity contribution in [3.05, 3.63) is 48.0 Å². The van der Waals surface area contributed by atoms with E-state index in [1.54, 1.807) is 0 Å². The molecule has 182 valence electrons. The van der Waals surface area contributed by atoms with Crippen LogP contribution in [0.4, 0.5) is 0 Å². The van der Waals surface area contributed by atoms with E-state index in [9.17, 15) is 24.2 Å². The summed E-state index contributed by atoms with van der Waals surface area (Å²) in [5.41, 5.74) is -0.917. The molecule has 0 saturated heterocycles. The highest BCUT2D eigenvalue weighted by atomic mass is 31.2. The second-order valence-corrected chi connectivity index (χ2v) is 11.5. The van der Waals surface area contributed by atoms with Crippen LogP contribution in [0.3, 0.4) is 0 Å². The van der Waals surface area contributed by atoms with E-state index in [1.165, 1.54) is 0 Å². The van der Waals surface area contributed by atoms with Gasteiger partial charge in [-0.05, 0) is 35.6 Å². The van der Waals surface area contributed by atoms with Crippen molar-refractivity contribution in [2.24, 2.45) is 5.92 Å². The van der Waals surface area contributed by atoms with Crippen molar-refractivity contribution in [1.29, 1.82) is 0 Å². The van der Waals surface area contributed by atoms with Gasteiger partial charge in [0.05, 0.1) is 11.6 Å². The molecule has 4 unspecified atom stereocenters. The second kappa shape index (κ2) is 12.9. The summed E-state index contributed by atoms with van der Waals surface area (Å²) in [4.78, 5) is 35.0. The molecule has 2 aromatic carbocycles. The number of carbonyl (C=O) groups is 2. The molecule has 0 aliphatic heterocycles. The molecular formula is C26H37O6P. The molecule has 6 nitrogen and oxygen atoms in total. The van der Waals surface area contributed by atoms with Crippen molar-refractivity contribution < 1.29 is 29.3 Å². The van der Waals surface area contributed by atoms with Gasteiger partial charge in [0, 0.05) is 12.1 Å². The number of aliphatic carboxylic acids is 2. The van der Waals surface area contributed by atoms with E-state index >= 15 is 0 Å². The van der Waals surface area contributed by atoms with Crippen LogP contribution in [-0.4, -0.2) is 32.7 Å². The number of carboxylic acids is 2. The summed E-state index contributed by atoms with van der Waals surface area (Å²) >= 11 is 0. The standard InChI is InChI=1S/C26H37O6P/c1-3-5-6-7-16-24(22(26(29)30)17-18-25(27)28)33(31,32)23(11-4-2)21-15-10-13-19-12-8-9-14-20(19)21/h8-10,12-15,22-24H,3-7,11,16-18H2,1-2H3,(H,27,28)(H,29,30)(H,31,32). The summed E-state index contributed by atoms with van der Waals surface area (Å²) in [5, 5.41) is 21.0. The molecule has 3 N–H and O–H groups in total. The molecule has 0 saturated carbocycles. The molecule has 2 aromatic rings. The molecule has 0 heterocycles. The lowest BCUT2D eigenvalue weighted by Crippen LogP contribution is -2.31. The zero-order chi connectivity index (χ0) is 24.4. The minimum Gasteiger partial charge on any atom is -0.481 e. The molecule has 0 aliphatic carbocycles. The van der Waals surface area contributed by atoms with Crippen LogP contribution in [0.25, 0.3) is 10.8 Å². The third-order valence-electron chi connectivity index (χ3n) is 6.47. The largest absolute Gasteiger partial charge is 0.481 e. The quantitative estimate of drug-likeness (QED) is 0.191. The minimum absolute atomic E-state index is 0.151. The number of carboxylic acid groups (broad SMARTS) is 2. The second-order valence-electron chi connectivity index (χ2n) is 8.84. The molecular weight excluding hydrogens is 439 g/mol. The van der Waals surface area contributed by atoms with E-state index in [1.807, 2.05) is 49.4 Å². The van der Waals surface area contributed by atoms with E-state index < -0.39 is 36.5 Å². The van der Waals surface area contributed by atoms with E-state index in [0.29, 0.717) is 25.7 Å². The van der Waals surface area contributed by atoms with Gasteiger partial charge in [0.15, 0.2) is 0 Å². The number of rotatable bonds is 15. The maximum atomic E-state index is 14.2. The third kappa shape index (κ3) is 7.15. The molecule has 33 heavy (non-hydrogen) atoms. The van der Waals surface area contributed by atoms with Crippen LogP contribution in [-0.2, 0) is 14.2 Å². The van der Waals surface area contributed by atoms with Crippen LogP contribution in [0.1, 0.15) is 82.9 Å². The van der Waals surface area contributed by atoms with Gasteiger partial charge in [-0.3, -0.25) is 14.2 Å². The van der Waals surface area contributed by atoms with Gasteiger partial charge in [-0.15, -0.1) is 0 Å². The normalized spacial score (nSPS) is 16.1. The summed E-state index contributed by atoms with van der Waals surface area (Å²) in [7, 11) is -4.05. The average molecular weight is 477 g/mol. The molecule has 0 bridgehead atoms. The lowest BCUT2D eigenvalue weighted by atomic mass is 9.95. The number of hydrogen-bond donors (Lipinski definition) is 3. The van der Waals surface area contributed by atoms with E-state index in [0.717, 1.165) is 35.6 Å². The van der Waals surface area contributed by atoms with Crippen molar-refractivity contribution in [2.75, 3.05) is 0 Å². The fourth-order valence-electron chi connectivity index (χ4n) is 4.77. The SMILES string of the molecule is CCCCCCC(C(CCC(=O)O)C(=O)O)P(=O)(O)C(CCC)c1cccc2ccccc12. The molecule has 0 fully saturated rings. The predicted octanol–water partition coefficient (Wildman–Crippen LogP) is 6.86. The maximum Gasteiger partial charge on any atom is 0.307 e. The molecule has 7 heteroatoms. The fraction of sp³-hybridized carbons (Fsp3) is 0.538. The van der Waals surface area contributed by atoms with Crippen molar-refractivity contribution in [3.8, 4) is 0 Å². The first-order valence-electron chi connectivity index (χ1n) is 12.0. The van der Waals surface area contributed by atoms with Crippen LogP contribution in [0.5, 0.6) is 0 Å². The molecule has 2 rings (SSSR count). The lowest BCUT2D eigenvalue weighted by molar-refractivity contribution is -0.143. The molecule has 0 aromatic heterocycles. The van der Waals surface area contributed by atoms with Gasteiger partial charge >= 0.3 is 11.9 Å². The first-order chi connectivity index (χ1) is 15.7. The number of benzene rings is 2. The number of unbranched alkanes of at least 4 members (excludes halogenated alkanes) is 3. The Bertz CT molecular complexity index is 967. The smallest absolute Gasteiger partial charge is 0.307 e. The Kier molecular flexibility index (Phi) is 10.6. The summed E-state index contributed by atoms with van der Waals surface area (Å²) in [5.74, 6) is -3.47. The average Bonchev–Trinajstić information content (AvgIpc) is 2.78. The van der Waals surface area contributed by atoms with E-state index in [2.05, 4.69) is 6.92 Å². The summed E-state index contributed by atoms with van der Waals surface area (Å²) in [6, 6.07) is 13.4. The Morgan fingerprint density at radius 2 is 1.58 bits per heavy atom. The highest BCUT2D eigenvalue weighted by molar-refractivity contribution is 7.59. The van der Waals surface area contributed by atoms with Gasteiger partial charge in [-0.25, -0.2) is 0 Å². The monoisotopic (exact) mass is 476 g/mol. The van der Waals surface area contributed by atoms with Gasteiger partial charge in [0.2, 0.25) is 7.37 Å². The maximum absolute atomic E-state index is 14.2. The Morgan fingerprint density at radius 1 is 0.879 bits per heavy atom. The fourth-order valence-corrected chi connectivity index (χ4v) is 7.83. The van der Waals surface area contributed by atoms with Crippen molar-refractivity contribution >= 4 is 30.1 Å². The Hall–Kier alpha value is -2.17. The molecule has 4 atom stereocenters. The summed E-state index contributed by atoms with van der Waals surface area (Å²) in [6.45, 7) is 4.02. The van der Waals surface area contributed by atoms with Gasteiger partial charge in [-0.2, -0.15) is 0 Å². The summed E-state index contributed by atoms with van der Waals surface area (Å²) < 4.78 is 14.2. The van der Waals surface area contributed by atoms with Crippen molar-refractivity contribution in [2.45, 2.75) is 83.0 Å². The third-order valence-corrected chi connectivity index (χ3v) is 9.47. The first kappa shape index (κ1) is 27.1. The molecule has 0 aliphatic rings. The molecule has 0 spiro atoms. The van der Waals surface area contributed by atoms with E-state index in [4.69, 9.17) is 5.11 Å². The van der Waals surface area contributed by atoms with Gasteiger partial charge < -0.3 is 15.1 Å². The number of hydrogen-bond acceptors (Lipinski definition) is 3. The zero-order valence-corrected chi connectivity index (χ0v) is 20.5. The molecule has 0 amide bonds. The topological polar surface area (TPSA) is 112 Å². The Balaban J connectivity index is 2.54. The van der Waals surface area contributed by atoms with Crippen molar-refractivity contribution in [3.63, 3.8) is 0 Å². The van der Waals surface area contributed by atoms with Crippen molar-refractivity contribution in [1.82, 2.24) is 0 Å². The Morgan fingerprint density at radius 3 is 2.21 bits per heavy atom. The van der Waals surface area contributed by atoms with Crippen LogP contribution in [0, 0.1) is 5.92 Å². The highest BCUT2D eigenvalue weighted by Gasteiger charge is 2.46. The predicted molar refractivity (Wildman–Crippen MR) is 132 cm³/mol. The van der Waals surface area contributed by atoms with Gasteiger partial charge in [0.1, 0.15) is 0 Å². The minimum atomic E-state index is -4.05. The van der Waals surface area contributed by atoms with Gasteiger partial charge in [0.25, 0.3) is 0 Å². The summed E-state index contributed by atoms with van der Waals surface area (Å²) in [6.07, 6.45) is 4.41.